The molecule has 0 fully saturated rings. The molecule has 0 atom stereocenters. The molecule has 0 saturated carbocycles. The van der Waals surface area contributed by atoms with Crippen LogP contribution in [0.4, 0.5) is 37.7 Å². The maximum absolute atomic E-state index is 13.6. The van der Waals surface area contributed by atoms with Crippen molar-refractivity contribution < 1.29 is 49.5 Å². The first-order valence-corrected chi connectivity index (χ1v) is 10.6. The van der Waals surface area contributed by atoms with Crippen LogP contribution >= 0.6 is 11.6 Å². The van der Waals surface area contributed by atoms with Gasteiger partial charge in [0.15, 0.2) is 0 Å². The van der Waals surface area contributed by atoms with Gasteiger partial charge in [-0.2, -0.15) is 26.3 Å². The van der Waals surface area contributed by atoms with E-state index in [1.54, 1.807) is 12.3 Å². The summed E-state index contributed by atoms with van der Waals surface area (Å²) >= 11 is 5.85. The summed E-state index contributed by atoms with van der Waals surface area (Å²) in [5, 5.41) is 8.41. The fraction of sp³-hybridized carbons (Fsp3) is 0.222. The van der Waals surface area contributed by atoms with Gasteiger partial charge in [0.05, 0.1) is 10.6 Å². The van der Waals surface area contributed by atoms with E-state index in [4.69, 9.17) is 16.7 Å². The molecule has 0 spiro atoms. The molecule has 0 radical (unpaired) electrons. The lowest BCUT2D eigenvalue weighted by Gasteiger charge is -2.29. The fourth-order valence-electron chi connectivity index (χ4n) is 2.30. The van der Waals surface area contributed by atoms with Gasteiger partial charge in [-0.3, -0.25) is 20.4 Å². The van der Waals surface area contributed by atoms with Gasteiger partial charge in [-0.05, 0) is 55.0 Å². The molecule has 0 heterocycles. The fourth-order valence-corrected chi connectivity index (χ4v) is 3.56. The van der Waals surface area contributed by atoms with Gasteiger partial charge in [0, 0.05) is 10.7 Å². The first kappa shape index (κ1) is 27.0. The van der Waals surface area contributed by atoms with Crippen LogP contribution in [0.2, 0.25) is 5.02 Å². The lowest BCUT2D eigenvalue weighted by atomic mass is 10.0. The quantitative estimate of drug-likeness (QED) is 0.286. The van der Waals surface area contributed by atoms with Crippen LogP contribution in [0.1, 0.15) is 5.56 Å². The van der Waals surface area contributed by atoms with Gasteiger partial charge in [0.25, 0.3) is 10.0 Å². The molecule has 2 aromatic carbocycles. The van der Waals surface area contributed by atoms with Gasteiger partial charge < -0.3 is 5.11 Å². The molecule has 0 saturated heterocycles. The number of sulfonamides is 1. The molecule has 16 heteroatoms. The molecule has 0 aliphatic heterocycles. The number of hydrogen-bond donors (Lipinski definition) is 4. The molecule has 0 aliphatic rings. The average molecular weight is 534 g/mol. The van der Waals surface area contributed by atoms with Crippen molar-refractivity contribution in [3.63, 3.8) is 0 Å². The molecule has 4 N–H and O–H groups in total. The Morgan fingerprint density at radius 3 is 1.94 bits per heavy atom. The minimum absolute atomic E-state index is 0.0255. The third-order valence-corrected chi connectivity index (χ3v) is 6.04. The predicted octanol–water partition coefficient (Wildman–Crippen LogP) is 3.88. The summed E-state index contributed by atoms with van der Waals surface area (Å²) in [6.45, 7) is 1.58. The molecule has 2 aromatic rings. The van der Waals surface area contributed by atoms with Crippen LogP contribution in [0.15, 0.2) is 47.4 Å². The van der Waals surface area contributed by atoms with Crippen molar-refractivity contribution >= 4 is 44.9 Å². The van der Waals surface area contributed by atoms with E-state index in [1.165, 1.54) is 18.2 Å². The van der Waals surface area contributed by atoms with Gasteiger partial charge in [-0.25, -0.2) is 13.2 Å². The van der Waals surface area contributed by atoms with Gasteiger partial charge in [-0.1, -0.05) is 11.6 Å². The Labute approximate surface area is 192 Å². The van der Waals surface area contributed by atoms with Gasteiger partial charge >= 0.3 is 29.6 Å². The second-order valence-corrected chi connectivity index (χ2v) is 8.79. The van der Waals surface area contributed by atoms with Crippen LogP contribution in [-0.4, -0.2) is 43.2 Å². The molecule has 0 bridgehead atoms. The predicted molar refractivity (Wildman–Crippen MR) is 108 cm³/mol. The SMILES string of the molecule is Cc1cc(S(=O)(=O)Nc2ccc(NNC(=O)C(F)(F)C(F)(F)C(F)(F)C(=O)O)cc2)ccc1Cl. The number of carboxylic acids is 1. The highest BCUT2D eigenvalue weighted by molar-refractivity contribution is 7.92. The number of aryl methyl sites for hydroxylation is 1. The molecule has 1 amide bonds. The second-order valence-electron chi connectivity index (χ2n) is 6.70. The normalized spacial score (nSPS) is 12.7. The van der Waals surface area contributed by atoms with E-state index < -0.39 is 39.7 Å². The van der Waals surface area contributed by atoms with Crippen LogP contribution in [0.25, 0.3) is 0 Å². The largest absolute Gasteiger partial charge is 0.477 e. The smallest absolute Gasteiger partial charge is 0.411 e. The first-order valence-electron chi connectivity index (χ1n) is 8.76. The number of halogens is 7. The topological polar surface area (TPSA) is 125 Å². The third-order valence-electron chi connectivity index (χ3n) is 4.24. The Balaban J connectivity index is 2.09. The Morgan fingerprint density at radius 1 is 0.912 bits per heavy atom. The molecule has 34 heavy (non-hydrogen) atoms. The summed E-state index contributed by atoms with van der Waals surface area (Å²) in [4.78, 5) is 21.5. The summed E-state index contributed by atoms with van der Waals surface area (Å²) in [7, 11) is -4.05. The zero-order valence-electron chi connectivity index (χ0n) is 16.7. The number of carboxylic acid groups (broad SMARTS) is 1. The van der Waals surface area contributed by atoms with E-state index in [-0.39, 0.29) is 16.3 Å². The molecular weight excluding hydrogens is 520 g/mol. The van der Waals surface area contributed by atoms with Gasteiger partial charge in [-0.15, -0.1) is 0 Å². The molecule has 186 valence electrons. The summed E-state index contributed by atoms with van der Waals surface area (Å²) in [6.07, 6.45) is 0. The minimum Gasteiger partial charge on any atom is -0.477 e. The number of hydrogen-bond acceptors (Lipinski definition) is 5. The summed E-state index contributed by atoms with van der Waals surface area (Å²) in [5.74, 6) is -25.4. The highest BCUT2D eigenvalue weighted by Crippen LogP contribution is 2.46. The Hall–Kier alpha value is -3.20. The second kappa shape index (κ2) is 9.21. The Morgan fingerprint density at radius 2 is 1.44 bits per heavy atom. The van der Waals surface area contributed by atoms with Crippen molar-refractivity contribution in [3.05, 3.63) is 53.1 Å². The average Bonchev–Trinajstić information content (AvgIpc) is 2.74. The van der Waals surface area contributed by atoms with Crippen LogP contribution < -0.4 is 15.6 Å². The van der Waals surface area contributed by atoms with Crippen LogP contribution in [0.3, 0.4) is 0 Å². The van der Waals surface area contributed by atoms with Crippen molar-refractivity contribution in [2.24, 2.45) is 0 Å². The van der Waals surface area contributed by atoms with E-state index in [2.05, 4.69) is 4.72 Å². The molecule has 2 rings (SSSR count). The number of rotatable bonds is 9. The van der Waals surface area contributed by atoms with Crippen molar-refractivity contribution in [1.82, 2.24) is 5.43 Å². The zero-order chi connectivity index (χ0) is 26.1. The molecule has 0 aromatic heterocycles. The highest BCUT2D eigenvalue weighted by Gasteiger charge is 2.78. The first-order chi connectivity index (χ1) is 15.4. The number of carbonyl (C=O) groups excluding carboxylic acids is 1. The van der Waals surface area contributed by atoms with E-state index in [1.807, 2.05) is 0 Å². The van der Waals surface area contributed by atoms with E-state index >= 15 is 0 Å². The Kier molecular flexibility index (Phi) is 7.33. The Bertz CT molecular complexity index is 1210. The number of alkyl halides is 6. The molecule has 8 nitrogen and oxygen atoms in total. The van der Waals surface area contributed by atoms with Crippen molar-refractivity contribution in [2.75, 3.05) is 10.1 Å². The lowest BCUT2D eigenvalue weighted by Crippen LogP contribution is -2.63. The van der Waals surface area contributed by atoms with Crippen molar-refractivity contribution in [1.29, 1.82) is 0 Å². The number of anilines is 2. The van der Waals surface area contributed by atoms with E-state index in [0.29, 0.717) is 10.6 Å². The van der Waals surface area contributed by atoms with E-state index in [0.717, 1.165) is 29.7 Å². The number of nitrogens with one attached hydrogen (secondary N) is 3. The van der Waals surface area contributed by atoms with Gasteiger partial charge in [0.1, 0.15) is 0 Å². The summed E-state index contributed by atoms with van der Waals surface area (Å²) in [6, 6.07) is 8.15. The van der Waals surface area contributed by atoms with Crippen LogP contribution in [-0.2, 0) is 19.6 Å². The van der Waals surface area contributed by atoms with Crippen LogP contribution in [0.5, 0.6) is 0 Å². The highest BCUT2D eigenvalue weighted by atomic mass is 35.5. The molecule has 0 unspecified atom stereocenters. The summed E-state index contributed by atoms with van der Waals surface area (Å²) in [5.41, 5.74) is 3.02. The number of carbonyl (C=O) groups is 2. The monoisotopic (exact) mass is 533 g/mol. The molecular formula is C18H14ClF6N3O5S. The van der Waals surface area contributed by atoms with Crippen molar-refractivity contribution in [3.8, 4) is 0 Å². The standard InChI is InChI=1S/C18H14ClF6N3O5S/c1-9-8-12(6-7-13(9)19)34(32,33)28-11-4-2-10(3-5-11)26-27-14(29)16(20,21)18(24,25)17(22,23)15(30)31/h2-8,26,28H,1H3,(H,27,29)(H,30,31). The lowest BCUT2D eigenvalue weighted by molar-refractivity contribution is -0.292. The maximum Gasteiger partial charge on any atom is 0.411 e. The number of aliphatic carboxylic acids is 1. The number of benzene rings is 2. The van der Waals surface area contributed by atoms with Crippen LogP contribution in [0, 0.1) is 6.92 Å². The zero-order valence-corrected chi connectivity index (χ0v) is 18.2. The summed E-state index contributed by atoms with van der Waals surface area (Å²) < 4.78 is 107. The minimum atomic E-state index is -6.56. The van der Waals surface area contributed by atoms with Gasteiger partial charge in [0.2, 0.25) is 0 Å². The third kappa shape index (κ3) is 5.14. The maximum atomic E-state index is 13.6. The van der Waals surface area contributed by atoms with Crippen molar-refractivity contribution in [2.45, 2.75) is 29.6 Å². The van der Waals surface area contributed by atoms with E-state index in [9.17, 15) is 44.3 Å². The number of hydrazine groups is 1. The molecule has 0 aliphatic carbocycles. The number of amides is 1.